The molecule has 4 rings (SSSR count). The van der Waals surface area contributed by atoms with E-state index in [4.69, 9.17) is 4.74 Å². The molecular formula is C28H34N4O2. The molecular weight excluding hydrogens is 424 g/mol. The molecule has 0 bridgehead atoms. The van der Waals surface area contributed by atoms with Crippen LogP contribution in [0.3, 0.4) is 0 Å². The van der Waals surface area contributed by atoms with Gasteiger partial charge in [-0.1, -0.05) is 62.2 Å². The van der Waals surface area contributed by atoms with E-state index >= 15 is 0 Å². The predicted octanol–water partition coefficient (Wildman–Crippen LogP) is 5.45. The number of carbonyl (C=O) groups excluding carboxylic acids is 1. The van der Waals surface area contributed by atoms with Crippen molar-refractivity contribution in [2.45, 2.75) is 38.6 Å². The number of ether oxygens (including phenoxy) is 1. The molecule has 1 unspecified atom stereocenters. The van der Waals surface area contributed by atoms with Crippen molar-refractivity contribution in [2.75, 3.05) is 27.3 Å². The average Bonchev–Trinajstić information content (AvgIpc) is 3.53. The molecule has 6 nitrogen and oxygen atoms in total. The van der Waals surface area contributed by atoms with Gasteiger partial charge in [0.15, 0.2) is 0 Å². The second kappa shape index (κ2) is 11.2. The van der Waals surface area contributed by atoms with E-state index in [1.165, 1.54) is 29.2 Å². The first-order chi connectivity index (χ1) is 16.6. The van der Waals surface area contributed by atoms with Gasteiger partial charge in [0.1, 0.15) is 5.69 Å². The lowest BCUT2D eigenvalue weighted by atomic mass is 9.86. The Morgan fingerprint density at radius 2 is 2.00 bits per heavy atom. The van der Waals surface area contributed by atoms with Crippen LogP contribution in [0, 0.1) is 0 Å². The third-order valence-corrected chi connectivity index (χ3v) is 6.42. The van der Waals surface area contributed by atoms with Gasteiger partial charge in [-0.15, -0.1) is 0 Å². The Kier molecular flexibility index (Phi) is 7.80. The highest BCUT2D eigenvalue weighted by Crippen LogP contribution is 2.36. The van der Waals surface area contributed by atoms with Gasteiger partial charge < -0.3 is 19.2 Å². The first-order valence-electron chi connectivity index (χ1n) is 12.0. The van der Waals surface area contributed by atoms with Crippen LogP contribution < -0.4 is 0 Å². The van der Waals surface area contributed by atoms with Crippen molar-refractivity contribution in [3.05, 3.63) is 89.8 Å². The Hall–Kier alpha value is -3.38. The Morgan fingerprint density at radius 3 is 2.82 bits per heavy atom. The summed E-state index contributed by atoms with van der Waals surface area (Å²) in [6.07, 6.45) is 9.35. The zero-order chi connectivity index (χ0) is 23.9. The van der Waals surface area contributed by atoms with Crippen LogP contribution in [-0.2, 0) is 11.3 Å². The number of imidazole rings is 1. The SMILES string of the molecule is CCCCCn1cncc1C(c1c[nH]c(C(=O)N(C)CCOC)c1)c1cccc2ccccc12. The van der Waals surface area contributed by atoms with Crippen molar-refractivity contribution in [3.8, 4) is 0 Å². The molecule has 34 heavy (non-hydrogen) atoms. The molecule has 0 aliphatic heterocycles. The lowest BCUT2D eigenvalue weighted by Gasteiger charge is -2.21. The van der Waals surface area contributed by atoms with Gasteiger partial charge in [0.25, 0.3) is 5.91 Å². The number of aromatic amines is 1. The molecule has 1 N–H and O–H groups in total. The van der Waals surface area contributed by atoms with E-state index < -0.39 is 0 Å². The molecule has 2 aromatic carbocycles. The largest absolute Gasteiger partial charge is 0.383 e. The zero-order valence-corrected chi connectivity index (χ0v) is 20.3. The molecule has 0 saturated heterocycles. The molecule has 1 atom stereocenters. The first-order valence-corrected chi connectivity index (χ1v) is 12.0. The van der Waals surface area contributed by atoms with Gasteiger partial charge in [0.05, 0.1) is 18.9 Å². The molecule has 1 amide bonds. The molecule has 0 aliphatic rings. The molecule has 0 fully saturated rings. The number of likely N-dealkylation sites (N-methyl/N-ethyl adjacent to an activating group) is 1. The average molecular weight is 459 g/mol. The number of H-pyrrole nitrogens is 1. The van der Waals surface area contributed by atoms with E-state index in [-0.39, 0.29) is 11.8 Å². The molecule has 2 aromatic heterocycles. The smallest absolute Gasteiger partial charge is 0.270 e. The number of hydrogen-bond donors (Lipinski definition) is 1. The highest BCUT2D eigenvalue weighted by Gasteiger charge is 2.25. The quantitative estimate of drug-likeness (QED) is 0.304. The maximum absolute atomic E-state index is 13.0. The summed E-state index contributed by atoms with van der Waals surface area (Å²) >= 11 is 0. The fourth-order valence-electron chi connectivity index (χ4n) is 4.54. The third kappa shape index (κ3) is 5.07. The minimum atomic E-state index is -0.0450. The standard InChI is InChI=1S/C28H34N4O2/c1-4-5-8-14-32-20-29-19-26(32)27(24-13-9-11-21-10-6-7-12-23(21)24)22-17-25(30-18-22)28(33)31(2)15-16-34-3/h6-7,9-13,17-20,27,30H,4-5,8,14-16H2,1-3H3. The third-order valence-electron chi connectivity index (χ3n) is 6.42. The van der Waals surface area contributed by atoms with E-state index in [9.17, 15) is 4.79 Å². The maximum Gasteiger partial charge on any atom is 0.270 e. The summed E-state index contributed by atoms with van der Waals surface area (Å²) < 4.78 is 7.39. The van der Waals surface area contributed by atoms with Crippen LogP contribution in [0.2, 0.25) is 0 Å². The molecule has 0 spiro atoms. The number of hydrogen-bond acceptors (Lipinski definition) is 3. The van der Waals surface area contributed by atoms with Crippen LogP contribution in [0.25, 0.3) is 10.8 Å². The topological polar surface area (TPSA) is 63.2 Å². The number of benzene rings is 2. The summed E-state index contributed by atoms with van der Waals surface area (Å²) in [7, 11) is 3.44. The minimum absolute atomic E-state index is 0.0442. The van der Waals surface area contributed by atoms with Gasteiger partial charge in [-0.05, 0) is 34.4 Å². The van der Waals surface area contributed by atoms with E-state index in [0.29, 0.717) is 18.8 Å². The van der Waals surface area contributed by atoms with Crippen molar-refractivity contribution in [1.29, 1.82) is 0 Å². The van der Waals surface area contributed by atoms with Gasteiger partial charge in [0.2, 0.25) is 0 Å². The van der Waals surface area contributed by atoms with Crippen molar-refractivity contribution in [1.82, 2.24) is 19.4 Å². The van der Waals surface area contributed by atoms with E-state index in [0.717, 1.165) is 24.2 Å². The molecule has 2 heterocycles. The Balaban J connectivity index is 1.77. The highest BCUT2D eigenvalue weighted by atomic mass is 16.5. The Morgan fingerprint density at radius 1 is 1.18 bits per heavy atom. The number of amides is 1. The van der Waals surface area contributed by atoms with Crippen molar-refractivity contribution < 1.29 is 9.53 Å². The van der Waals surface area contributed by atoms with E-state index in [1.54, 1.807) is 19.1 Å². The lowest BCUT2D eigenvalue weighted by molar-refractivity contribution is 0.0739. The normalized spacial score (nSPS) is 12.2. The van der Waals surface area contributed by atoms with Crippen LogP contribution in [-0.4, -0.2) is 52.7 Å². The second-order valence-corrected chi connectivity index (χ2v) is 8.79. The summed E-state index contributed by atoms with van der Waals surface area (Å²) in [4.78, 5) is 22.4. The Labute approximate surface area is 201 Å². The Bertz CT molecular complexity index is 1220. The maximum atomic E-state index is 13.0. The summed E-state index contributed by atoms with van der Waals surface area (Å²) in [6.45, 7) is 4.20. The highest BCUT2D eigenvalue weighted by molar-refractivity contribution is 5.93. The van der Waals surface area contributed by atoms with Gasteiger partial charge in [0, 0.05) is 45.3 Å². The fraction of sp³-hybridized carbons (Fsp3) is 0.357. The summed E-state index contributed by atoms with van der Waals surface area (Å²) in [5.41, 5.74) is 3.98. The fourth-order valence-corrected chi connectivity index (χ4v) is 4.54. The summed E-state index contributed by atoms with van der Waals surface area (Å²) in [5.74, 6) is -0.0891. The van der Waals surface area contributed by atoms with Crippen molar-refractivity contribution in [3.63, 3.8) is 0 Å². The predicted molar refractivity (Wildman–Crippen MR) is 136 cm³/mol. The van der Waals surface area contributed by atoms with E-state index in [2.05, 4.69) is 63.9 Å². The number of unbranched alkanes of at least 4 members (excludes halogenated alkanes) is 2. The van der Waals surface area contributed by atoms with Crippen LogP contribution in [0.4, 0.5) is 0 Å². The number of methoxy groups -OCH3 is 1. The summed E-state index contributed by atoms with van der Waals surface area (Å²) in [5, 5.41) is 2.41. The number of nitrogens with zero attached hydrogens (tertiary/aromatic N) is 3. The monoisotopic (exact) mass is 458 g/mol. The molecule has 4 aromatic rings. The van der Waals surface area contributed by atoms with Crippen LogP contribution in [0.15, 0.2) is 67.3 Å². The first kappa shape index (κ1) is 23.8. The molecule has 0 saturated carbocycles. The number of rotatable bonds is 11. The number of carbonyl (C=O) groups is 1. The summed E-state index contributed by atoms with van der Waals surface area (Å²) in [6, 6.07) is 16.9. The number of aromatic nitrogens is 3. The minimum Gasteiger partial charge on any atom is -0.383 e. The molecule has 0 aliphatic carbocycles. The molecule has 6 heteroatoms. The van der Waals surface area contributed by atoms with Gasteiger partial charge in [-0.3, -0.25) is 4.79 Å². The second-order valence-electron chi connectivity index (χ2n) is 8.79. The van der Waals surface area contributed by atoms with Gasteiger partial charge >= 0.3 is 0 Å². The van der Waals surface area contributed by atoms with Crippen LogP contribution in [0.5, 0.6) is 0 Å². The number of aryl methyl sites for hydroxylation is 1. The van der Waals surface area contributed by atoms with Gasteiger partial charge in [-0.2, -0.15) is 0 Å². The van der Waals surface area contributed by atoms with Crippen molar-refractivity contribution >= 4 is 16.7 Å². The number of nitrogens with one attached hydrogen (secondary N) is 1. The van der Waals surface area contributed by atoms with E-state index in [1.807, 2.05) is 24.8 Å². The van der Waals surface area contributed by atoms with Gasteiger partial charge in [-0.25, -0.2) is 4.98 Å². The molecule has 178 valence electrons. The molecule has 0 radical (unpaired) electrons. The van der Waals surface area contributed by atoms with Crippen molar-refractivity contribution in [2.24, 2.45) is 0 Å². The van der Waals surface area contributed by atoms with Crippen LogP contribution >= 0.6 is 0 Å². The number of fused-ring (bicyclic) bond motifs is 1. The lowest BCUT2D eigenvalue weighted by Crippen LogP contribution is -2.30. The zero-order valence-electron chi connectivity index (χ0n) is 20.3. The van der Waals surface area contributed by atoms with Crippen LogP contribution in [0.1, 0.15) is 59.4 Å².